The number of nitrogens with zero attached hydrogens (tertiary/aromatic N) is 1. The van der Waals surface area contributed by atoms with Gasteiger partial charge in [0, 0.05) is 17.2 Å². The van der Waals surface area contributed by atoms with Gasteiger partial charge in [0.05, 0.1) is 15.5 Å². The summed E-state index contributed by atoms with van der Waals surface area (Å²) in [5.41, 5.74) is 0.476. The molecule has 7 heteroatoms. The fraction of sp³-hybridized carbons (Fsp3) is 0.133. The van der Waals surface area contributed by atoms with Gasteiger partial charge in [-0.25, -0.2) is 9.18 Å². The Morgan fingerprint density at radius 1 is 1.36 bits per heavy atom. The van der Waals surface area contributed by atoms with Crippen LogP contribution in [0.4, 0.5) is 10.1 Å². The Labute approximate surface area is 130 Å². The molecule has 2 rings (SSSR count). The SMILES string of the molecule is Cc1cc(C(=O)OCc2c(F)cccc2Cl)ccc1[N+](=O)[O-]. The molecule has 0 aliphatic rings. The number of carbonyl (C=O) groups is 1. The predicted octanol–water partition coefficient (Wildman–Crippen LogP) is 4.05. The fourth-order valence-corrected chi connectivity index (χ4v) is 2.10. The van der Waals surface area contributed by atoms with Gasteiger partial charge in [0.1, 0.15) is 12.4 Å². The lowest BCUT2D eigenvalue weighted by Gasteiger charge is -2.08. The lowest BCUT2D eigenvalue weighted by Crippen LogP contribution is -2.07. The van der Waals surface area contributed by atoms with Gasteiger partial charge in [-0.1, -0.05) is 17.7 Å². The summed E-state index contributed by atoms with van der Waals surface area (Å²) in [6.45, 7) is 1.20. The summed E-state index contributed by atoms with van der Waals surface area (Å²) >= 11 is 5.83. The van der Waals surface area contributed by atoms with E-state index in [1.807, 2.05) is 0 Å². The normalized spacial score (nSPS) is 10.3. The van der Waals surface area contributed by atoms with E-state index in [4.69, 9.17) is 16.3 Å². The molecule has 0 saturated heterocycles. The molecule has 0 bridgehead atoms. The Morgan fingerprint density at radius 2 is 2.09 bits per heavy atom. The highest BCUT2D eigenvalue weighted by molar-refractivity contribution is 6.31. The highest BCUT2D eigenvalue weighted by atomic mass is 35.5. The van der Waals surface area contributed by atoms with Crippen LogP contribution < -0.4 is 0 Å². The molecule has 0 unspecified atom stereocenters. The zero-order chi connectivity index (χ0) is 16.3. The maximum atomic E-state index is 13.6. The van der Waals surface area contributed by atoms with E-state index < -0.39 is 16.7 Å². The average Bonchev–Trinajstić information content (AvgIpc) is 2.46. The second-order valence-electron chi connectivity index (χ2n) is 4.53. The molecule has 22 heavy (non-hydrogen) atoms. The first-order valence-corrected chi connectivity index (χ1v) is 6.63. The minimum atomic E-state index is -0.711. The van der Waals surface area contributed by atoms with Crippen LogP contribution in [-0.4, -0.2) is 10.9 Å². The van der Waals surface area contributed by atoms with Crippen LogP contribution in [0.15, 0.2) is 36.4 Å². The number of benzene rings is 2. The molecule has 0 fully saturated rings. The third-order valence-corrected chi connectivity index (χ3v) is 3.39. The third-order valence-electron chi connectivity index (χ3n) is 3.04. The number of esters is 1. The van der Waals surface area contributed by atoms with Crippen molar-refractivity contribution in [2.24, 2.45) is 0 Å². The first kappa shape index (κ1) is 15.9. The van der Waals surface area contributed by atoms with Crippen molar-refractivity contribution >= 4 is 23.3 Å². The lowest BCUT2D eigenvalue weighted by atomic mass is 10.1. The van der Waals surface area contributed by atoms with Crippen molar-refractivity contribution in [3.05, 3.63) is 74.0 Å². The molecule has 2 aromatic rings. The van der Waals surface area contributed by atoms with Gasteiger partial charge in [-0.3, -0.25) is 10.1 Å². The quantitative estimate of drug-likeness (QED) is 0.483. The van der Waals surface area contributed by atoms with Crippen molar-refractivity contribution in [3.63, 3.8) is 0 Å². The molecule has 0 amide bonds. The van der Waals surface area contributed by atoms with Gasteiger partial charge in [-0.15, -0.1) is 0 Å². The summed E-state index contributed by atoms with van der Waals surface area (Å²) in [6, 6.07) is 8.01. The molecule has 0 aliphatic heterocycles. The number of ether oxygens (including phenoxy) is 1. The number of carbonyl (C=O) groups excluding carboxylic acids is 1. The van der Waals surface area contributed by atoms with Gasteiger partial charge in [-0.2, -0.15) is 0 Å². The predicted molar refractivity (Wildman–Crippen MR) is 78.4 cm³/mol. The second-order valence-corrected chi connectivity index (χ2v) is 4.94. The number of hydrogen-bond donors (Lipinski definition) is 0. The zero-order valence-electron chi connectivity index (χ0n) is 11.5. The van der Waals surface area contributed by atoms with Crippen LogP contribution in [0, 0.1) is 22.9 Å². The van der Waals surface area contributed by atoms with E-state index in [1.165, 1.54) is 43.3 Å². The molecule has 0 aromatic heterocycles. The number of halogens is 2. The van der Waals surface area contributed by atoms with Crippen molar-refractivity contribution < 1.29 is 18.8 Å². The van der Waals surface area contributed by atoms with Gasteiger partial charge in [0.2, 0.25) is 0 Å². The molecule has 0 heterocycles. The van der Waals surface area contributed by atoms with E-state index in [-0.39, 0.29) is 28.4 Å². The molecule has 0 radical (unpaired) electrons. The van der Waals surface area contributed by atoms with E-state index in [2.05, 4.69) is 0 Å². The molecule has 114 valence electrons. The number of rotatable bonds is 4. The molecule has 2 aromatic carbocycles. The van der Waals surface area contributed by atoms with Crippen LogP contribution in [0.25, 0.3) is 0 Å². The number of aryl methyl sites for hydroxylation is 1. The van der Waals surface area contributed by atoms with Gasteiger partial charge in [0.15, 0.2) is 0 Å². The number of nitro groups is 1. The molecule has 5 nitrogen and oxygen atoms in total. The smallest absolute Gasteiger partial charge is 0.338 e. The number of nitro benzene ring substituents is 1. The fourth-order valence-electron chi connectivity index (χ4n) is 1.88. The van der Waals surface area contributed by atoms with Crippen LogP contribution in [0.5, 0.6) is 0 Å². The summed E-state index contributed by atoms with van der Waals surface area (Å²) in [6.07, 6.45) is 0. The van der Waals surface area contributed by atoms with Crippen LogP contribution in [0.2, 0.25) is 5.02 Å². The van der Waals surface area contributed by atoms with E-state index >= 15 is 0 Å². The van der Waals surface area contributed by atoms with Crippen molar-refractivity contribution in [1.29, 1.82) is 0 Å². The van der Waals surface area contributed by atoms with Gasteiger partial charge >= 0.3 is 5.97 Å². The Kier molecular flexibility index (Phi) is 4.72. The van der Waals surface area contributed by atoms with Crippen LogP contribution in [0.3, 0.4) is 0 Å². The Bertz CT molecular complexity index is 728. The van der Waals surface area contributed by atoms with E-state index in [0.29, 0.717) is 5.56 Å². The monoisotopic (exact) mass is 323 g/mol. The van der Waals surface area contributed by atoms with Crippen molar-refractivity contribution in [1.82, 2.24) is 0 Å². The van der Waals surface area contributed by atoms with Crippen molar-refractivity contribution in [2.75, 3.05) is 0 Å². The largest absolute Gasteiger partial charge is 0.457 e. The maximum absolute atomic E-state index is 13.6. The summed E-state index contributed by atoms with van der Waals surface area (Å²) in [5.74, 6) is -1.28. The van der Waals surface area contributed by atoms with Gasteiger partial charge < -0.3 is 4.74 Å². The summed E-state index contributed by atoms with van der Waals surface area (Å²) in [7, 11) is 0. The minimum Gasteiger partial charge on any atom is -0.457 e. The highest BCUT2D eigenvalue weighted by Crippen LogP contribution is 2.22. The summed E-state index contributed by atoms with van der Waals surface area (Å²) in [5, 5.41) is 10.9. The first-order chi connectivity index (χ1) is 10.4. The first-order valence-electron chi connectivity index (χ1n) is 6.25. The zero-order valence-corrected chi connectivity index (χ0v) is 12.3. The van der Waals surface area contributed by atoms with Gasteiger partial charge in [-0.05, 0) is 31.2 Å². The Balaban J connectivity index is 2.13. The molecule has 0 aliphatic carbocycles. The average molecular weight is 324 g/mol. The summed E-state index contributed by atoms with van der Waals surface area (Å²) in [4.78, 5) is 22.1. The minimum absolute atomic E-state index is 0.0798. The second kappa shape index (κ2) is 6.53. The van der Waals surface area contributed by atoms with E-state index in [9.17, 15) is 19.3 Å². The topological polar surface area (TPSA) is 69.4 Å². The standard InChI is InChI=1S/C15H11ClFNO4/c1-9-7-10(5-6-14(9)18(20)21)15(19)22-8-11-12(16)3-2-4-13(11)17/h2-7H,8H2,1H3. The van der Waals surface area contributed by atoms with E-state index in [1.54, 1.807) is 0 Å². The molecule has 0 spiro atoms. The number of hydrogen-bond acceptors (Lipinski definition) is 4. The molecular weight excluding hydrogens is 313 g/mol. The van der Waals surface area contributed by atoms with Crippen molar-refractivity contribution in [2.45, 2.75) is 13.5 Å². The maximum Gasteiger partial charge on any atom is 0.338 e. The molecule has 0 saturated carbocycles. The van der Waals surface area contributed by atoms with Gasteiger partial charge in [0.25, 0.3) is 5.69 Å². The van der Waals surface area contributed by atoms with Crippen LogP contribution in [-0.2, 0) is 11.3 Å². The summed E-state index contributed by atoms with van der Waals surface area (Å²) < 4.78 is 18.6. The lowest BCUT2D eigenvalue weighted by molar-refractivity contribution is -0.385. The van der Waals surface area contributed by atoms with E-state index in [0.717, 1.165) is 0 Å². The van der Waals surface area contributed by atoms with Crippen molar-refractivity contribution in [3.8, 4) is 0 Å². The Hall–Kier alpha value is -2.47. The van der Waals surface area contributed by atoms with Crippen LogP contribution in [0.1, 0.15) is 21.5 Å². The molecular formula is C15H11ClFNO4. The Morgan fingerprint density at radius 3 is 2.68 bits per heavy atom. The molecule has 0 atom stereocenters. The molecule has 0 N–H and O–H groups in total. The van der Waals surface area contributed by atoms with Crippen LogP contribution >= 0.6 is 11.6 Å². The third kappa shape index (κ3) is 3.40. The highest BCUT2D eigenvalue weighted by Gasteiger charge is 2.16.